The normalized spacial score (nSPS) is 10.6. The average Bonchev–Trinajstić information content (AvgIpc) is 2.93. The highest BCUT2D eigenvalue weighted by atomic mass is 35.5. The monoisotopic (exact) mass is 333 g/mol. The Hall–Kier alpha value is -2.18. The fraction of sp³-hybridized carbons (Fsp3) is 0.0667. The van der Waals surface area contributed by atoms with Crippen LogP contribution in [0.1, 0.15) is 5.56 Å². The lowest BCUT2D eigenvalue weighted by Gasteiger charge is -2.05. The second kappa shape index (κ2) is 6.72. The van der Waals surface area contributed by atoms with Crippen LogP contribution in [0.15, 0.2) is 53.1 Å². The molecule has 0 aliphatic carbocycles. The number of carbonyl (C=O) groups is 1. The zero-order chi connectivity index (χ0) is 15.4. The number of carbonyl (C=O) groups excluding carboxylic acids is 1. The summed E-state index contributed by atoms with van der Waals surface area (Å²) in [4.78, 5) is 11.9. The van der Waals surface area contributed by atoms with E-state index in [0.717, 1.165) is 10.9 Å². The van der Waals surface area contributed by atoms with E-state index < -0.39 is 0 Å². The zero-order valence-electron chi connectivity index (χ0n) is 11.4. The zero-order valence-corrected chi connectivity index (χ0v) is 12.9. The predicted octanol–water partition coefficient (Wildman–Crippen LogP) is 4.45. The van der Waals surface area contributed by atoms with Gasteiger partial charge in [-0.05, 0) is 41.8 Å². The summed E-state index contributed by atoms with van der Waals surface area (Å²) in [7, 11) is 0. The van der Waals surface area contributed by atoms with Crippen molar-refractivity contribution in [3.8, 4) is 0 Å². The Labute approximate surface area is 136 Å². The summed E-state index contributed by atoms with van der Waals surface area (Å²) in [5.74, 6) is 1.05. The number of anilines is 1. The van der Waals surface area contributed by atoms with Gasteiger partial charge < -0.3 is 4.52 Å². The molecule has 5 nitrogen and oxygen atoms in total. The lowest BCUT2D eigenvalue weighted by molar-refractivity contribution is 0.257. The third kappa shape index (κ3) is 3.52. The van der Waals surface area contributed by atoms with E-state index >= 15 is 0 Å². The third-order valence-electron chi connectivity index (χ3n) is 2.93. The molecule has 0 aliphatic heterocycles. The van der Waals surface area contributed by atoms with Crippen molar-refractivity contribution in [3.05, 3.63) is 59.1 Å². The largest absolute Gasteiger partial charge is 0.354 e. The van der Waals surface area contributed by atoms with Crippen LogP contribution in [0.3, 0.4) is 0 Å². The van der Waals surface area contributed by atoms with Gasteiger partial charge in [-0.15, -0.1) is 0 Å². The van der Waals surface area contributed by atoms with E-state index in [1.54, 1.807) is 6.07 Å². The van der Waals surface area contributed by atoms with Crippen molar-refractivity contribution < 1.29 is 9.32 Å². The second-order valence-electron chi connectivity index (χ2n) is 4.50. The average molecular weight is 334 g/mol. The predicted molar refractivity (Wildman–Crippen MR) is 88.9 cm³/mol. The number of para-hydroxylation sites is 1. The summed E-state index contributed by atoms with van der Waals surface area (Å²) in [5.41, 5.74) is 1.70. The van der Waals surface area contributed by atoms with Crippen molar-refractivity contribution in [2.45, 2.75) is 5.75 Å². The fourth-order valence-corrected chi connectivity index (χ4v) is 2.61. The van der Waals surface area contributed by atoms with Crippen molar-refractivity contribution >= 4 is 46.4 Å². The summed E-state index contributed by atoms with van der Waals surface area (Å²) >= 11 is 7.11. The molecule has 0 fully saturated rings. The van der Waals surface area contributed by atoms with Crippen LogP contribution in [0.4, 0.5) is 10.6 Å². The van der Waals surface area contributed by atoms with Crippen LogP contribution in [-0.2, 0) is 5.75 Å². The first-order valence-electron chi connectivity index (χ1n) is 6.50. The minimum atomic E-state index is -0.349. The van der Waals surface area contributed by atoms with Crippen molar-refractivity contribution in [2.24, 2.45) is 0 Å². The quantitative estimate of drug-likeness (QED) is 0.692. The van der Waals surface area contributed by atoms with Gasteiger partial charge in [-0.25, -0.2) is 4.79 Å². The lowest BCUT2D eigenvalue weighted by atomic mass is 10.2. The van der Waals surface area contributed by atoms with Crippen LogP contribution in [0, 0.1) is 0 Å². The Balaban J connectivity index is 1.53. The van der Waals surface area contributed by atoms with E-state index in [4.69, 9.17) is 16.1 Å². The van der Waals surface area contributed by atoms with E-state index in [1.807, 2.05) is 42.5 Å². The molecule has 0 aliphatic rings. The van der Waals surface area contributed by atoms with Gasteiger partial charge in [0.1, 0.15) is 0 Å². The third-order valence-corrected chi connectivity index (χ3v) is 3.99. The number of nitrogens with one attached hydrogen (secondary N) is 2. The van der Waals surface area contributed by atoms with E-state index in [9.17, 15) is 4.79 Å². The van der Waals surface area contributed by atoms with Gasteiger partial charge in [-0.1, -0.05) is 41.0 Å². The lowest BCUT2D eigenvalue weighted by Crippen LogP contribution is -2.23. The SMILES string of the molecule is O=C(NSCc1ccc(Cl)cc1)Nc1noc2ccccc12. The summed E-state index contributed by atoms with van der Waals surface area (Å²) in [5, 5.41) is 7.96. The standard InChI is InChI=1S/C15H12ClN3O2S/c16-11-7-5-10(6-8-11)9-22-19-15(20)17-14-12-3-1-2-4-13(12)21-18-14/h1-8H,9H2,(H2,17,18,19,20). The Morgan fingerprint density at radius 2 is 1.95 bits per heavy atom. The van der Waals surface area contributed by atoms with Crippen molar-refractivity contribution in [1.29, 1.82) is 0 Å². The Morgan fingerprint density at radius 1 is 1.18 bits per heavy atom. The first kappa shape index (κ1) is 14.7. The molecular weight excluding hydrogens is 322 g/mol. The molecule has 3 rings (SSSR count). The molecule has 2 aromatic carbocycles. The van der Waals surface area contributed by atoms with Crippen LogP contribution < -0.4 is 10.0 Å². The Kier molecular flexibility index (Phi) is 4.50. The number of hydrogen-bond acceptors (Lipinski definition) is 4. The molecule has 3 aromatic rings. The molecule has 7 heteroatoms. The van der Waals surface area contributed by atoms with E-state index in [-0.39, 0.29) is 6.03 Å². The van der Waals surface area contributed by atoms with E-state index in [1.165, 1.54) is 11.9 Å². The number of benzene rings is 2. The number of hydrogen-bond donors (Lipinski definition) is 2. The van der Waals surface area contributed by atoms with E-state index in [2.05, 4.69) is 15.2 Å². The molecule has 1 aromatic heterocycles. The molecular formula is C15H12ClN3O2S. The van der Waals surface area contributed by atoms with Crippen LogP contribution >= 0.6 is 23.5 Å². The highest BCUT2D eigenvalue weighted by Crippen LogP contribution is 2.22. The molecule has 112 valence electrons. The molecule has 0 radical (unpaired) electrons. The second-order valence-corrected chi connectivity index (χ2v) is 5.72. The van der Waals surface area contributed by atoms with Crippen LogP contribution in [0.5, 0.6) is 0 Å². The van der Waals surface area contributed by atoms with Gasteiger partial charge in [0.15, 0.2) is 11.4 Å². The Morgan fingerprint density at radius 3 is 2.77 bits per heavy atom. The molecule has 1 heterocycles. The molecule has 0 saturated carbocycles. The topological polar surface area (TPSA) is 67.2 Å². The highest BCUT2D eigenvalue weighted by molar-refractivity contribution is 7.97. The number of rotatable bonds is 4. The van der Waals surface area contributed by atoms with Gasteiger partial charge >= 0.3 is 6.03 Å². The first-order chi connectivity index (χ1) is 10.7. The van der Waals surface area contributed by atoms with Crippen LogP contribution in [0.25, 0.3) is 11.0 Å². The molecule has 0 atom stereocenters. The Bertz CT molecular complexity index is 789. The minimum Gasteiger partial charge on any atom is -0.354 e. The summed E-state index contributed by atoms with van der Waals surface area (Å²) in [6.45, 7) is 0. The van der Waals surface area contributed by atoms with Gasteiger partial charge in [0.2, 0.25) is 0 Å². The van der Waals surface area contributed by atoms with Crippen LogP contribution in [0.2, 0.25) is 5.02 Å². The number of halogens is 1. The summed E-state index contributed by atoms with van der Waals surface area (Å²) < 4.78 is 7.82. The van der Waals surface area contributed by atoms with Crippen LogP contribution in [-0.4, -0.2) is 11.2 Å². The van der Waals surface area contributed by atoms with Gasteiger partial charge in [-0.2, -0.15) is 0 Å². The number of urea groups is 1. The maximum absolute atomic E-state index is 11.9. The number of amides is 2. The minimum absolute atomic E-state index is 0.349. The molecule has 0 spiro atoms. The number of nitrogens with zero attached hydrogens (tertiary/aromatic N) is 1. The van der Waals surface area contributed by atoms with Gasteiger partial charge in [0.05, 0.1) is 5.39 Å². The molecule has 2 N–H and O–H groups in total. The summed E-state index contributed by atoms with van der Waals surface area (Å²) in [6.07, 6.45) is 0. The molecule has 0 saturated heterocycles. The van der Waals surface area contributed by atoms with Crippen molar-refractivity contribution in [3.63, 3.8) is 0 Å². The molecule has 0 unspecified atom stereocenters. The maximum atomic E-state index is 11.9. The smallest absolute Gasteiger partial charge is 0.330 e. The van der Waals surface area contributed by atoms with E-state index in [0.29, 0.717) is 22.2 Å². The number of aromatic nitrogens is 1. The first-order valence-corrected chi connectivity index (χ1v) is 7.86. The highest BCUT2D eigenvalue weighted by Gasteiger charge is 2.10. The summed E-state index contributed by atoms with van der Waals surface area (Å²) in [6, 6.07) is 14.5. The fourth-order valence-electron chi connectivity index (χ4n) is 1.87. The molecule has 0 bridgehead atoms. The molecule has 22 heavy (non-hydrogen) atoms. The maximum Gasteiger partial charge on any atom is 0.330 e. The van der Waals surface area contributed by atoms with Gasteiger partial charge in [0, 0.05) is 10.8 Å². The molecule has 2 amide bonds. The van der Waals surface area contributed by atoms with Crippen molar-refractivity contribution in [1.82, 2.24) is 9.88 Å². The number of fused-ring (bicyclic) bond motifs is 1. The van der Waals surface area contributed by atoms with Gasteiger partial charge in [0.25, 0.3) is 0 Å². The van der Waals surface area contributed by atoms with Gasteiger partial charge in [-0.3, -0.25) is 10.0 Å². The van der Waals surface area contributed by atoms with Crippen molar-refractivity contribution in [2.75, 3.05) is 5.32 Å².